The van der Waals surface area contributed by atoms with E-state index in [0.717, 1.165) is 0 Å². The van der Waals surface area contributed by atoms with E-state index >= 15 is 0 Å². The first-order valence-corrected chi connectivity index (χ1v) is 10.8. The molecule has 0 unspecified atom stereocenters. The molecular formula is C20H24B2F6N2O5. The third-order valence-corrected chi connectivity index (χ3v) is 7.33. The van der Waals surface area contributed by atoms with Crippen LogP contribution in [0.1, 0.15) is 66.5 Å². The summed E-state index contributed by atoms with van der Waals surface area (Å²) in [7, 11) is -3.67. The van der Waals surface area contributed by atoms with Crippen molar-refractivity contribution in [1.29, 1.82) is 0 Å². The van der Waals surface area contributed by atoms with Crippen molar-refractivity contribution in [1.82, 2.24) is 10.3 Å². The van der Waals surface area contributed by atoms with Crippen LogP contribution in [-0.2, 0) is 31.0 Å². The quantitative estimate of drug-likeness (QED) is 0.451. The highest BCUT2D eigenvalue weighted by Crippen LogP contribution is 2.45. The molecule has 0 amide bonds. The van der Waals surface area contributed by atoms with Crippen molar-refractivity contribution in [3.05, 3.63) is 11.1 Å². The molecule has 0 atom stereocenters. The summed E-state index contributed by atoms with van der Waals surface area (Å²) in [4.78, 5) is 0. The van der Waals surface area contributed by atoms with Gasteiger partial charge in [0.1, 0.15) is 11.0 Å². The predicted octanol–water partition coefficient (Wildman–Crippen LogP) is 3.86. The van der Waals surface area contributed by atoms with Crippen LogP contribution in [0.25, 0.3) is 11.0 Å². The van der Waals surface area contributed by atoms with Gasteiger partial charge in [-0.2, -0.15) is 26.3 Å². The molecule has 0 spiro atoms. The maximum atomic E-state index is 14.5. The lowest BCUT2D eigenvalue weighted by Gasteiger charge is -2.32. The van der Waals surface area contributed by atoms with Crippen LogP contribution in [0.5, 0.6) is 0 Å². The molecule has 1 aromatic carbocycles. The van der Waals surface area contributed by atoms with E-state index in [1.54, 1.807) is 55.4 Å². The number of alkyl halides is 6. The second kappa shape index (κ2) is 7.36. The molecule has 0 N–H and O–H groups in total. The van der Waals surface area contributed by atoms with Crippen molar-refractivity contribution in [2.45, 2.75) is 90.1 Å². The topological polar surface area (TPSA) is 75.8 Å². The molecular weight excluding hydrogens is 484 g/mol. The molecule has 0 radical (unpaired) electrons. The summed E-state index contributed by atoms with van der Waals surface area (Å²) in [5.74, 6) is 0. The first kappa shape index (κ1) is 26.2. The number of rotatable bonds is 2. The van der Waals surface area contributed by atoms with Gasteiger partial charge in [-0.15, -0.1) is 0 Å². The number of benzene rings is 1. The van der Waals surface area contributed by atoms with Crippen LogP contribution in [0.15, 0.2) is 4.63 Å². The van der Waals surface area contributed by atoms with Gasteiger partial charge in [0.15, 0.2) is 0 Å². The van der Waals surface area contributed by atoms with Gasteiger partial charge in [-0.25, -0.2) is 4.63 Å². The molecule has 2 aliphatic rings. The SMILES string of the molecule is CC1(C)OB(c2c(C(F)(F)F)c(C(F)(F)F)c(B3OC(C)(C)C(C)(C)O3)c3nonc23)OC1(C)C. The van der Waals surface area contributed by atoms with Gasteiger partial charge < -0.3 is 18.6 Å². The molecule has 7 nitrogen and oxygen atoms in total. The Bertz CT molecular complexity index is 1060. The Morgan fingerprint density at radius 1 is 0.543 bits per heavy atom. The predicted molar refractivity (Wildman–Crippen MR) is 113 cm³/mol. The Kier molecular flexibility index (Phi) is 5.52. The van der Waals surface area contributed by atoms with Gasteiger partial charge in [0, 0.05) is 10.9 Å². The maximum absolute atomic E-state index is 14.5. The van der Waals surface area contributed by atoms with Gasteiger partial charge in [0.2, 0.25) is 0 Å². The minimum absolute atomic E-state index is 0.589. The molecule has 2 aliphatic heterocycles. The summed E-state index contributed by atoms with van der Waals surface area (Å²) in [6.07, 6.45) is -11.0. The highest BCUT2D eigenvalue weighted by atomic mass is 19.4. The van der Waals surface area contributed by atoms with Crippen molar-refractivity contribution < 1.29 is 49.6 Å². The monoisotopic (exact) mass is 508 g/mol. The second-order valence-electron chi connectivity index (χ2n) is 10.7. The summed E-state index contributed by atoms with van der Waals surface area (Å²) in [5, 5.41) is 7.07. The van der Waals surface area contributed by atoms with E-state index in [2.05, 4.69) is 14.9 Å². The molecule has 35 heavy (non-hydrogen) atoms. The Morgan fingerprint density at radius 2 is 0.800 bits per heavy atom. The zero-order chi connectivity index (χ0) is 26.6. The average Bonchev–Trinajstić information content (AvgIpc) is 3.24. The standard InChI is InChI=1S/C20H24B2F6N2O5/c1-15(2)16(3,4)32-21(31-15)11-9(19(23,24)25)10(20(26,27)28)12(14-13(11)29-35-30-14)22-33-17(5,6)18(7,8)34-22/h1-8H3. The summed E-state index contributed by atoms with van der Waals surface area (Å²) >= 11 is 0. The van der Waals surface area contributed by atoms with E-state index in [1.807, 2.05) is 0 Å². The van der Waals surface area contributed by atoms with E-state index in [9.17, 15) is 26.3 Å². The summed E-state index contributed by atoms with van der Waals surface area (Å²) in [6.45, 7) is 12.5. The van der Waals surface area contributed by atoms with Gasteiger partial charge in [0.25, 0.3) is 0 Å². The van der Waals surface area contributed by atoms with Crippen LogP contribution in [0.4, 0.5) is 26.3 Å². The van der Waals surface area contributed by atoms with Crippen molar-refractivity contribution in [2.24, 2.45) is 0 Å². The van der Waals surface area contributed by atoms with E-state index in [1.165, 1.54) is 0 Å². The fraction of sp³-hybridized carbons (Fsp3) is 0.700. The van der Waals surface area contributed by atoms with Gasteiger partial charge in [0.05, 0.1) is 33.5 Å². The highest BCUT2D eigenvalue weighted by molar-refractivity contribution is 6.69. The molecule has 0 saturated carbocycles. The number of aromatic nitrogens is 2. The van der Waals surface area contributed by atoms with Gasteiger partial charge in [-0.1, -0.05) is 10.3 Å². The lowest BCUT2D eigenvalue weighted by Crippen LogP contribution is -2.48. The van der Waals surface area contributed by atoms with Crippen LogP contribution in [0.3, 0.4) is 0 Å². The third kappa shape index (κ3) is 3.94. The summed E-state index contributed by atoms with van der Waals surface area (Å²) < 4.78 is 115. The normalized spacial score (nSPS) is 23.5. The van der Waals surface area contributed by atoms with E-state index < -0.39 is 82.1 Å². The lowest BCUT2D eigenvalue weighted by atomic mass is 9.66. The third-order valence-electron chi connectivity index (χ3n) is 7.33. The summed E-state index contributed by atoms with van der Waals surface area (Å²) in [6, 6.07) is 0. The van der Waals surface area contributed by atoms with Crippen LogP contribution >= 0.6 is 0 Å². The van der Waals surface area contributed by atoms with Crippen molar-refractivity contribution in [3.8, 4) is 0 Å². The summed E-state index contributed by atoms with van der Waals surface area (Å²) in [5.41, 5.74) is -11.7. The Morgan fingerprint density at radius 3 is 1.03 bits per heavy atom. The molecule has 2 fully saturated rings. The first-order chi connectivity index (χ1) is 15.6. The van der Waals surface area contributed by atoms with Gasteiger partial charge in [-0.3, -0.25) is 0 Å². The Hall–Kier alpha value is -1.83. The van der Waals surface area contributed by atoms with Gasteiger partial charge in [-0.05, 0) is 55.4 Å². The van der Waals surface area contributed by atoms with E-state index in [4.69, 9.17) is 18.6 Å². The molecule has 0 aliphatic carbocycles. The second-order valence-corrected chi connectivity index (χ2v) is 10.7. The fourth-order valence-corrected chi connectivity index (χ4v) is 4.02. The molecule has 2 aromatic rings. The molecule has 15 heteroatoms. The zero-order valence-corrected chi connectivity index (χ0v) is 20.4. The minimum Gasteiger partial charge on any atom is -0.399 e. The number of hydrogen-bond donors (Lipinski definition) is 0. The van der Waals surface area contributed by atoms with Crippen molar-refractivity contribution in [2.75, 3.05) is 0 Å². The smallest absolute Gasteiger partial charge is 0.399 e. The van der Waals surface area contributed by atoms with E-state index in [0.29, 0.717) is 0 Å². The van der Waals surface area contributed by atoms with Crippen molar-refractivity contribution in [3.63, 3.8) is 0 Å². The highest BCUT2D eigenvalue weighted by Gasteiger charge is 2.60. The first-order valence-electron chi connectivity index (χ1n) is 10.8. The Balaban J connectivity index is 2.10. The molecule has 0 bridgehead atoms. The van der Waals surface area contributed by atoms with E-state index in [-0.39, 0.29) is 0 Å². The van der Waals surface area contributed by atoms with Crippen LogP contribution in [0.2, 0.25) is 0 Å². The number of nitrogens with zero attached hydrogens (tertiary/aromatic N) is 2. The maximum Gasteiger partial charge on any atom is 0.497 e. The average molecular weight is 508 g/mol. The number of hydrogen-bond acceptors (Lipinski definition) is 7. The zero-order valence-electron chi connectivity index (χ0n) is 20.4. The Labute approximate surface area is 198 Å². The molecule has 1 aromatic heterocycles. The van der Waals surface area contributed by atoms with Gasteiger partial charge >= 0.3 is 26.6 Å². The molecule has 192 valence electrons. The molecule has 4 rings (SSSR count). The largest absolute Gasteiger partial charge is 0.497 e. The lowest BCUT2D eigenvalue weighted by molar-refractivity contribution is -0.160. The fourth-order valence-electron chi connectivity index (χ4n) is 4.02. The molecule has 2 saturated heterocycles. The van der Waals surface area contributed by atoms with Crippen LogP contribution < -0.4 is 10.9 Å². The minimum atomic E-state index is -5.49. The number of halogens is 6. The van der Waals surface area contributed by atoms with Crippen LogP contribution in [-0.4, -0.2) is 47.0 Å². The van der Waals surface area contributed by atoms with Crippen molar-refractivity contribution >= 4 is 36.2 Å². The van der Waals surface area contributed by atoms with Crippen LogP contribution in [0, 0.1) is 0 Å². The number of fused-ring (bicyclic) bond motifs is 1. The molecule has 3 heterocycles.